The predicted molar refractivity (Wildman–Crippen MR) is 52.7 cm³/mol. The summed E-state index contributed by atoms with van der Waals surface area (Å²) >= 11 is 3.64. The van der Waals surface area contributed by atoms with Gasteiger partial charge in [-0.1, -0.05) is 5.16 Å². The molecule has 0 fully saturated rings. The maximum atomic E-state index is 8.73. The monoisotopic (exact) mass is 199 g/mol. The fraction of sp³-hybridized carbons (Fsp3) is 0.375. The SMILES string of the molecule is Cc1cc2c(s1)SCC/C2=N\O. The first-order valence-corrected chi connectivity index (χ1v) is 5.56. The molecule has 0 amide bonds. The van der Waals surface area contributed by atoms with Crippen LogP contribution in [0, 0.1) is 6.92 Å². The van der Waals surface area contributed by atoms with Crippen LogP contribution in [-0.2, 0) is 0 Å². The van der Waals surface area contributed by atoms with Crippen molar-refractivity contribution in [1.82, 2.24) is 0 Å². The van der Waals surface area contributed by atoms with Gasteiger partial charge in [0, 0.05) is 22.6 Å². The molecule has 1 aliphatic rings. The summed E-state index contributed by atoms with van der Waals surface area (Å²) in [4.78, 5) is 1.29. The number of hydrogen-bond acceptors (Lipinski definition) is 4. The fourth-order valence-corrected chi connectivity index (χ4v) is 3.73. The second-order valence-corrected chi connectivity index (χ2v) is 5.32. The molecule has 2 heterocycles. The highest BCUT2D eigenvalue weighted by atomic mass is 32.2. The molecule has 0 saturated carbocycles. The summed E-state index contributed by atoms with van der Waals surface area (Å²) in [6, 6.07) is 2.10. The number of hydrogen-bond donors (Lipinski definition) is 1. The van der Waals surface area contributed by atoms with E-state index in [-0.39, 0.29) is 0 Å². The Kier molecular flexibility index (Phi) is 2.11. The highest BCUT2D eigenvalue weighted by Crippen LogP contribution is 2.36. The molecule has 1 aliphatic heterocycles. The predicted octanol–water partition coefficient (Wildman–Crippen LogP) is 2.73. The molecule has 0 unspecified atom stereocenters. The standard InChI is InChI=1S/C8H9NOS2/c1-5-4-6-7(9-10)2-3-11-8(6)12-5/h4,10H,2-3H2,1H3/b9-7+. The third kappa shape index (κ3) is 1.25. The molecular weight excluding hydrogens is 190 g/mol. The van der Waals surface area contributed by atoms with Crippen molar-refractivity contribution < 1.29 is 5.21 Å². The summed E-state index contributed by atoms with van der Waals surface area (Å²) < 4.78 is 1.30. The largest absolute Gasteiger partial charge is 0.411 e. The van der Waals surface area contributed by atoms with E-state index in [1.54, 1.807) is 11.3 Å². The minimum atomic E-state index is 0.841. The topological polar surface area (TPSA) is 32.6 Å². The summed E-state index contributed by atoms with van der Waals surface area (Å²) in [6.07, 6.45) is 0.879. The number of oxime groups is 1. The van der Waals surface area contributed by atoms with Crippen LogP contribution in [0.4, 0.5) is 0 Å². The average molecular weight is 199 g/mol. The van der Waals surface area contributed by atoms with Crippen molar-refractivity contribution in [3.63, 3.8) is 0 Å². The molecule has 0 radical (unpaired) electrons. The molecule has 0 aliphatic carbocycles. The Balaban J connectivity index is 2.50. The average Bonchev–Trinajstić information content (AvgIpc) is 2.44. The van der Waals surface area contributed by atoms with Gasteiger partial charge >= 0.3 is 0 Å². The summed E-state index contributed by atoms with van der Waals surface area (Å²) in [6.45, 7) is 2.08. The number of nitrogens with zero attached hydrogens (tertiary/aromatic N) is 1. The van der Waals surface area contributed by atoms with Crippen molar-refractivity contribution in [2.45, 2.75) is 17.6 Å². The van der Waals surface area contributed by atoms with Crippen LogP contribution in [-0.4, -0.2) is 16.7 Å². The number of thioether (sulfide) groups is 1. The van der Waals surface area contributed by atoms with Crippen LogP contribution in [0.15, 0.2) is 15.4 Å². The van der Waals surface area contributed by atoms with E-state index in [0.29, 0.717) is 0 Å². The Labute approximate surface area is 79.3 Å². The Hall–Kier alpha value is -0.480. The van der Waals surface area contributed by atoms with E-state index in [1.807, 2.05) is 11.8 Å². The molecule has 0 bridgehead atoms. The van der Waals surface area contributed by atoms with Gasteiger partial charge in [-0.15, -0.1) is 23.1 Å². The lowest BCUT2D eigenvalue weighted by atomic mass is 10.1. The van der Waals surface area contributed by atoms with E-state index in [9.17, 15) is 0 Å². The summed E-state index contributed by atoms with van der Waals surface area (Å²) in [5.41, 5.74) is 1.98. The van der Waals surface area contributed by atoms with Crippen molar-refractivity contribution in [3.05, 3.63) is 16.5 Å². The highest BCUT2D eigenvalue weighted by molar-refractivity contribution is 8.01. The number of rotatable bonds is 0. The van der Waals surface area contributed by atoms with E-state index < -0.39 is 0 Å². The van der Waals surface area contributed by atoms with Gasteiger partial charge in [0.25, 0.3) is 0 Å². The van der Waals surface area contributed by atoms with Crippen LogP contribution in [0.2, 0.25) is 0 Å². The van der Waals surface area contributed by atoms with E-state index in [0.717, 1.165) is 23.4 Å². The van der Waals surface area contributed by atoms with E-state index in [2.05, 4.69) is 18.1 Å². The zero-order chi connectivity index (χ0) is 8.55. The minimum Gasteiger partial charge on any atom is -0.411 e. The van der Waals surface area contributed by atoms with E-state index >= 15 is 0 Å². The Morgan fingerprint density at radius 1 is 1.58 bits per heavy atom. The van der Waals surface area contributed by atoms with Gasteiger partial charge in [-0.25, -0.2) is 0 Å². The molecular formula is C8H9NOS2. The second kappa shape index (κ2) is 3.11. The molecule has 1 N–H and O–H groups in total. The smallest absolute Gasteiger partial charge is 0.0896 e. The molecule has 2 nitrogen and oxygen atoms in total. The fourth-order valence-electron chi connectivity index (χ4n) is 1.28. The maximum absolute atomic E-state index is 8.73. The quantitative estimate of drug-likeness (QED) is 0.514. The molecule has 4 heteroatoms. The van der Waals surface area contributed by atoms with Gasteiger partial charge in [-0.2, -0.15) is 0 Å². The molecule has 0 spiro atoms. The Morgan fingerprint density at radius 3 is 3.17 bits per heavy atom. The zero-order valence-corrected chi connectivity index (χ0v) is 8.34. The summed E-state index contributed by atoms with van der Waals surface area (Å²) in [5, 5.41) is 12.0. The maximum Gasteiger partial charge on any atom is 0.0896 e. The van der Waals surface area contributed by atoms with Crippen LogP contribution >= 0.6 is 23.1 Å². The van der Waals surface area contributed by atoms with Crippen molar-refractivity contribution in [1.29, 1.82) is 0 Å². The lowest BCUT2D eigenvalue weighted by Gasteiger charge is -2.10. The third-order valence-corrected chi connectivity index (χ3v) is 4.16. The Morgan fingerprint density at radius 2 is 2.42 bits per heavy atom. The summed E-state index contributed by atoms with van der Waals surface area (Å²) in [7, 11) is 0. The molecule has 1 aromatic heterocycles. The van der Waals surface area contributed by atoms with Gasteiger partial charge in [0.2, 0.25) is 0 Å². The zero-order valence-electron chi connectivity index (χ0n) is 6.70. The van der Waals surface area contributed by atoms with Gasteiger partial charge in [0.15, 0.2) is 0 Å². The van der Waals surface area contributed by atoms with Crippen molar-refractivity contribution in [3.8, 4) is 0 Å². The molecule has 64 valence electrons. The van der Waals surface area contributed by atoms with Crippen molar-refractivity contribution in [2.24, 2.45) is 5.16 Å². The number of fused-ring (bicyclic) bond motifs is 1. The van der Waals surface area contributed by atoms with Gasteiger partial charge in [-0.05, 0) is 13.0 Å². The van der Waals surface area contributed by atoms with Crippen LogP contribution in [0.1, 0.15) is 16.9 Å². The first-order valence-electron chi connectivity index (χ1n) is 3.76. The minimum absolute atomic E-state index is 0.841. The van der Waals surface area contributed by atoms with Gasteiger partial charge in [0.1, 0.15) is 0 Å². The van der Waals surface area contributed by atoms with E-state index in [4.69, 9.17) is 5.21 Å². The number of aryl methyl sites for hydroxylation is 1. The lowest BCUT2D eigenvalue weighted by Crippen LogP contribution is -2.06. The number of thiophene rings is 1. The molecule has 0 saturated heterocycles. The second-order valence-electron chi connectivity index (χ2n) is 2.70. The van der Waals surface area contributed by atoms with Crippen LogP contribution in [0.25, 0.3) is 0 Å². The third-order valence-electron chi connectivity index (χ3n) is 1.82. The normalized spacial score (nSPS) is 19.6. The lowest BCUT2D eigenvalue weighted by molar-refractivity contribution is 0.318. The Bertz CT molecular complexity index is 330. The van der Waals surface area contributed by atoms with Crippen LogP contribution in [0.5, 0.6) is 0 Å². The van der Waals surface area contributed by atoms with E-state index in [1.165, 1.54) is 9.09 Å². The molecule has 1 aromatic rings. The van der Waals surface area contributed by atoms with Crippen LogP contribution in [0.3, 0.4) is 0 Å². The first-order chi connectivity index (χ1) is 5.81. The van der Waals surface area contributed by atoms with Gasteiger partial charge in [-0.3, -0.25) is 0 Å². The van der Waals surface area contributed by atoms with Crippen LogP contribution < -0.4 is 0 Å². The molecule has 0 atom stereocenters. The first kappa shape index (κ1) is 8.13. The van der Waals surface area contributed by atoms with Crippen molar-refractivity contribution in [2.75, 3.05) is 5.75 Å². The molecule has 2 rings (SSSR count). The van der Waals surface area contributed by atoms with Gasteiger partial charge < -0.3 is 5.21 Å². The van der Waals surface area contributed by atoms with Gasteiger partial charge in [0.05, 0.1) is 9.92 Å². The van der Waals surface area contributed by atoms with Crippen molar-refractivity contribution >= 4 is 28.8 Å². The highest BCUT2D eigenvalue weighted by Gasteiger charge is 2.18. The summed E-state index contributed by atoms with van der Waals surface area (Å²) in [5.74, 6) is 1.03. The molecule has 0 aromatic carbocycles. The molecule has 12 heavy (non-hydrogen) atoms.